The summed E-state index contributed by atoms with van der Waals surface area (Å²) in [4.78, 5) is 3.21. The van der Waals surface area contributed by atoms with Crippen LogP contribution in [0.2, 0.25) is 45.8 Å². The molecule has 0 amide bonds. The third kappa shape index (κ3) is 4.68. The Labute approximate surface area is 109 Å². The SMILES string of the molecule is CN[Si]1(C)O[Si](C)(C)O[Si](C)(C)O[Si](C)(C)O1. The van der Waals surface area contributed by atoms with Crippen molar-refractivity contribution in [2.75, 3.05) is 7.05 Å². The average Bonchev–Trinajstić information content (AvgIpc) is 1.93. The van der Waals surface area contributed by atoms with E-state index in [1.165, 1.54) is 0 Å². The van der Waals surface area contributed by atoms with E-state index in [0.29, 0.717) is 0 Å². The lowest BCUT2D eigenvalue weighted by atomic mass is 11.6. The van der Waals surface area contributed by atoms with Gasteiger partial charge < -0.3 is 16.5 Å². The minimum Gasteiger partial charge on any atom is -0.416 e. The van der Waals surface area contributed by atoms with Gasteiger partial charge >= 0.3 is 34.4 Å². The summed E-state index contributed by atoms with van der Waals surface area (Å²) >= 11 is 0. The first kappa shape index (κ1) is 15.7. The summed E-state index contributed by atoms with van der Waals surface area (Å²) in [5, 5.41) is 0. The molecule has 0 aromatic heterocycles. The molecule has 0 aliphatic carbocycles. The van der Waals surface area contributed by atoms with Gasteiger partial charge in [0.25, 0.3) is 0 Å². The Hall–Kier alpha value is 0.668. The fraction of sp³-hybridized carbons (Fsp3) is 1.00. The average molecular weight is 312 g/mol. The smallest absolute Gasteiger partial charge is 0.403 e. The fourth-order valence-electron chi connectivity index (χ4n) is 2.31. The number of hydrogen-bond acceptors (Lipinski definition) is 5. The van der Waals surface area contributed by atoms with Crippen molar-refractivity contribution in [3.05, 3.63) is 0 Å². The molecule has 0 bridgehead atoms. The summed E-state index contributed by atoms with van der Waals surface area (Å²) in [5.74, 6) is 0. The molecule has 0 radical (unpaired) electrons. The van der Waals surface area contributed by atoms with Crippen LogP contribution < -0.4 is 4.98 Å². The summed E-state index contributed by atoms with van der Waals surface area (Å²) in [7, 11) is -7.04. The van der Waals surface area contributed by atoms with E-state index in [0.717, 1.165) is 0 Å². The molecule has 17 heavy (non-hydrogen) atoms. The summed E-state index contributed by atoms with van der Waals surface area (Å²) in [5.41, 5.74) is 0. The van der Waals surface area contributed by atoms with Gasteiger partial charge in [-0.1, -0.05) is 0 Å². The fourth-order valence-corrected chi connectivity index (χ4v) is 22.3. The zero-order chi connectivity index (χ0) is 13.5. The lowest BCUT2D eigenvalue weighted by Gasteiger charge is -2.46. The molecule has 102 valence electrons. The summed E-state index contributed by atoms with van der Waals surface area (Å²) < 4.78 is 24.8. The van der Waals surface area contributed by atoms with Gasteiger partial charge in [0.15, 0.2) is 0 Å². The summed E-state index contributed by atoms with van der Waals surface area (Å²) in [6, 6.07) is 0. The third-order valence-electron chi connectivity index (χ3n) is 2.32. The van der Waals surface area contributed by atoms with E-state index in [9.17, 15) is 0 Å². The Kier molecular flexibility index (Phi) is 4.30. The minimum absolute atomic E-state index is 1.88. The molecular formula is C8H25NO4Si4. The van der Waals surface area contributed by atoms with Crippen LogP contribution in [0.15, 0.2) is 0 Å². The highest BCUT2D eigenvalue weighted by Gasteiger charge is 2.52. The Morgan fingerprint density at radius 3 is 1.18 bits per heavy atom. The van der Waals surface area contributed by atoms with Crippen molar-refractivity contribution in [3.63, 3.8) is 0 Å². The number of nitrogens with one attached hydrogen (secondary N) is 1. The molecule has 1 heterocycles. The van der Waals surface area contributed by atoms with Gasteiger partial charge in [0.2, 0.25) is 0 Å². The molecule has 1 saturated heterocycles. The molecule has 1 rings (SSSR count). The lowest BCUT2D eigenvalue weighted by molar-refractivity contribution is 0.229. The van der Waals surface area contributed by atoms with E-state index in [1.54, 1.807) is 0 Å². The third-order valence-corrected chi connectivity index (χ3v) is 18.1. The maximum Gasteiger partial charge on any atom is 0.403 e. The van der Waals surface area contributed by atoms with Gasteiger partial charge in [0.1, 0.15) is 0 Å². The first-order valence-corrected chi connectivity index (χ1v) is 16.6. The molecule has 1 aliphatic heterocycles. The van der Waals surface area contributed by atoms with E-state index in [4.69, 9.17) is 16.5 Å². The van der Waals surface area contributed by atoms with Crippen molar-refractivity contribution < 1.29 is 16.5 Å². The van der Waals surface area contributed by atoms with Gasteiger partial charge in [-0.15, -0.1) is 0 Å². The second-order valence-corrected chi connectivity index (χ2v) is 19.9. The lowest BCUT2D eigenvalue weighted by Crippen LogP contribution is -2.69. The summed E-state index contributed by atoms with van der Waals surface area (Å²) in [6.45, 7) is 14.4. The van der Waals surface area contributed by atoms with Crippen LogP contribution in [0.5, 0.6) is 0 Å². The molecule has 0 saturated carbocycles. The van der Waals surface area contributed by atoms with Crippen LogP contribution in [-0.4, -0.2) is 41.5 Å². The standard InChI is InChI=1S/C8H25NO4Si4/c1-9-17(8)12-15(4,5)10-14(2,3)11-16(6,7)13-17/h9H,1-8H3. The van der Waals surface area contributed by atoms with Gasteiger partial charge in [0, 0.05) is 0 Å². The van der Waals surface area contributed by atoms with Crippen LogP contribution in [0.3, 0.4) is 0 Å². The summed E-state index contributed by atoms with van der Waals surface area (Å²) in [6.07, 6.45) is 0. The largest absolute Gasteiger partial charge is 0.416 e. The second kappa shape index (κ2) is 4.65. The Morgan fingerprint density at radius 1 is 0.588 bits per heavy atom. The maximum atomic E-state index is 6.20. The second-order valence-electron chi connectivity index (χ2n) is 5.80. The highest BCUT2D eigenvalue weighted by Crippen LogP contribution is 2.29. The molecule has 1 N–H and O–H groups in total. The van der Waals surface area contributed by atoms with Crippen LogP contribution in [0.4, 0.5) is 0 Å². The van der Waals surface area contributed by atoms with Gasteiger partial charge in [0.05, 0.1) is 0 Å². The zero-order valence-electron chi connectivity index (χ0n) is 12.1. The van der Waals surface area contributed by atoms with E-state index in [1.807, 2.05) is 13.6 Å². The van der Waals surface area contributed by atoms with Crippen molar-refractivity contribution in [1.29, 1.82) is 0 Å². The number of hydrogen-bond donors (Lipinski definition) is 1. The Balaban J connectivity index is 3.02. The Morgan fingerprint density at radius 2 is 0.882 bits per heavy atom. The molecule has 0 aromatic carbocycles. The molecular weight excluding hydrogens is 286 g/mol. The van der Waals surface area contributed by atoms with Crippen LogP contribution >= 0.6 is 0 Å². The zero-order valence-corrected chi connectivity index (χ0v) is 16.1. The molecule has 5 nitrogen and oxygen atoms in total. The number of rotatable bonds is 1. The first-order valence-electron chi connectivity index (χ1n) is 5.88. The quantitative estimate of drug-likeness (QED) is 0.750. The molecule has 0 aromatic rings. The predicted molar refractivity (Wildman–Crippen MR) is 77.5 cm³/mol. The van der Waals surface area contributed by atoms with E-state index in [2.05, 4.69) is 44.3 Å². The maximum absolute atomic E-state index is 6.20. The monoisotopic (exact) mass is 311 g/mol. The minimum atomic E-state index is -2.38. The van der Waals surface area contributed by atoms with Gasteiger partial charge in [-0.05, 0) is 52.9 Å². The normalized spacial score (nSPS) is 30.4. The molecule has 0 unspecified atom stereocenters. The molecule has 0 atom stereocenters. The molecule has 1 fully saturated rings. The van der Waals surface area contributed by atoms with Crippen molar-refractivity contribution >= 4 is 34.4 Å². The Bertz CT molecular complexity index is 275. The van der Waals surface area contributed by atoms with E-state index >= 15 is 0 Å². The van der Waals surface area contributed by atoms with Crippen molar-refractivity contribution in [3.8, 4) is 0 Å². The van der Waals surface area contributed by atoms with Crippen molar-refractivity contribution in [1.82, 2.24) is 4.98 Å². The molecule has 0 spiro atoms. The van der Waals surface area contributed by atoms with Gasteiger partial charge in [-0.3, -0.25) is 4.98 Å². The highest BCUT2D eigenvalue weighted by molar-refractivity contribution is 6.92. The van der Waals surface area contributed by atoms with E-state index in [-0.39, 0.29) is 0 Å². The highest BCUT2D eigenvalue weighted by atomic mass is 28.5. The van der Waals surface area contributed by atoms with Crippen LogP contribution in [-0.2, 0) is 16.5 Å². The van der Waals surface area contributed by atoms with E-state index < -0.39 is 34.4 Å². The van der Waals surface area contributed by atoms with Crippen LogP contribution in [0, 0.1) is 0 Å². The van der Waals surface area contributed by atoms with Crippen LogP contribution in [0.25, 0.3) is 0 Å². The predicted octanol–water partition coefficient (Wildman–Crippen LogP) is 1.96. The van der Waals surface area contributed by atoms with Gasteiger partial charge in [-0.2, -0.15) is 0 Å². The van der Waals surface area contributed by atoms with Gasteiger partial charge in [-0.25, -0.2) is 0 Å². The van der Waals surface area contributed by atoms with Crippen molar-refractivity contribution in [2.24, 2.45) is 0 Å². The first-order chi connectivity index (χ1) is 7.39. The van der Waals surface area contributed by atoms with Crippen molar-refractivity contribution in [2.45, 2.75) is 45.8 Å². The molecule has 1 aliphatic rings. The van der Waals surface area contributed by atoms with Crippen LogP contribution in [0.1, 0.15) is 0 Å². The molecule has 9 heteroatoms. The topological polar surface area (TPSA) is 49.0 Å².